The van der Waals surface area contributed by atoms with Crippen molar-refractivity contribution in [2.75, 3.05) is 30.5 Å². The van der Waals surface area contributed by atoms with E-state index in [0.717, 1.165) is 44.0 Å². The molecular formula is C22H23Cl2FN2O2S. The van der Waals surface area contributed by atoms with Crippen molar-refractivity contribution < 1.29 is 12.8 Å². The van der Waals surface area contributed by atoms with E-state index in [4.69, 9.17) is 23.2 Å². The van der Waals surface area contributed by atoms with E-state index in [9.17, 15) is 12.8 Å². The van der Waals surface area contributed by atoms with E-state index < -0.39 is 10.0 Å². The fourth-order valence-electron chi connectivity index (χ4n) is 4.87. The molecule has 0 amide bonds. The molecule has 8 heteroatoms. The van der Waals surface area contributed by atoms with Crippen molar-refractivity contribution in [3.8, 4) is 0 Å². The zero-order valence-corrected chi connectivity index (χ0v) is 18.8. The highest BCUT2D eigenvalue weighted by molar-refractivity contribution is 7.93. The van der Waals surface area contributed by atoms with E-state index in [-0.39, 0.29) is 21.2 Å². The predicted octanol–water partition coefficient (Wildman–Crippen LogP) is 5.09. The minimum absolute atomic E-state index is 0.0204. The Bertz CT molecular complexity index is 1100. The molecule has 4 nitrogen and oxygen atoms in total. The number of hydrogen-bond donors (Lipinski definition) is 0. The zero-order chi connectivity index (χ0) is 21.1. The van der Waals surface area contributed by atoms with Gasteiger partial charge in [0.15, 0.2) is 0 Å². The number of hydrogen-bond acceptors (Lipinski definition) is 3. The first-order valence-electron chi connectivity index (χ1n) is 10.3. The largest absolute Gasteiger partial charge is 0.303 e. The van der Waals surface area contributed by atoms with Crippen molar-refractivity contribution in [1.29, 1.82) is 0 Å². The summed E-state index contributed by atoms with van der Waals surface area (Å²) in [5, 5.41) is 0.466. The van der Waals surface area contributed by atoms with Crippen molar-refractivity contribution in [1.82, 2.24) is 4.90 Å². The maximum Gasteiger partial charge on any atom is 0.265 e. The van der Waals surface area contributed by atoms with Crippen molar-refractivity contribution >= 4 is 38.9 Å². The number of benzene rings is 2. The van der Waals surface area contributed by atoms with Crippen LogP contribution in [0.3, 0.4) is 0 Å². The summed E-state index contributed by atoms with van der Waals surface area (Å²) in [6, 6.07) is 8.82. The van der Waals surface area contributed by atoms with Gasteiger partial charge in [-0.25, -0.2) is 12.8 Å². The van der Waals surface area contributed by atoms with Gasteiger partial charge in [0, 0.05) is 23.5 Å². The van der Waals surface area contributed by atoms with Gasteiger partial charge in [0.2, 0.25) is 0 Å². The van der Waals surface area contributed by atoms with E-state index >= 15 is 0 Å². The van der Waals surface area contributed by atoms with Gasteiger partial charge in [-0.05, 0) is 86.7 Å². The Balaban J connectivity index is 1.51. The van der Waals surface area contributed by atoms with E-state index in [1.807, 2.05) is 0 Å². The van der Waals surface area contributed by atoms with Gasteiger partial charge in [0.1, 0.15) is 10.7 Å². The first-order chi connectivity index (χ1) is 14.3. The normalized spacial score (nSPS) is 21.2. The second kappa shape index (κ2) is 7.37. The van der Waals surface area contributed by atoms with Crippen LogP contribution < -0.4 is 4.31 Å². The maximum atomic E-state index is 14.2. The summed E-state index contributed by atoms with van der Waals surface area (Å²) in [6.07, 6.45) is 4.25. The number of piperidine rings is 1. The van der Waals surface area contributed by atoms with E-state index in [1.54, 1.807) is 6.07 Å². The van der Waals surface area contributed by atoms with Gasteiger partial charge in [-0.2, -0.15) is 0 Å². The number of fused-ring (bicyclic) bond motifs is 2. The molecule has 2 aliphatic heterocycles. The molecule has 30 heavy (non-hydrogen) atoms. The lowest BCUT2D eigenvalue weighted by atomic mass is 9.74. The van der Waals surface area contributed by atoms with E-state index in [0.29, 0.717) is 17.3 Å². The highest BCUT2D eigenvalue weighted by Crippen LogP contribution is 2.49. The molecule has 0 atom stereocenters. The van der Waals surface area contributed by atoms with Crippen LogP contribution in [0.25, 0.3) is 0 Å². The lowest BCUT2D eigenvalue weighted by Gasteiger charge is -2.40. The first-order valence-corrected chi connectivity index (χ1v) is 12.5. The highest BCUT2D eigenvalue weighted by atomic mass is 35.5. The van der Waals surface area contributed by atoms with Crippen LogP contribution >= 0.6 is 23.2 Å². The van der Waals surface area contributed by atoms with Gasteiger partial charge in [-0.1, -0.05) is 23.2 Å². The van der Waals surface area contributed by atoms with Crippen molar-refractivity contribution in [2.24, 2.45) is 5.92 Å². The summed E-state index contributed by atoms with van der Waals surface area (Å²) in [6.45, 7) is 3.24. The Morgan fingerprint density at radius 2 is 1.80 bits per heavy atom. The molecule has 0 unspecified atom stereocenters. The highest BCUT2D eigenvalue weighted by Gasteiger charge is 2.49. The van der Waals surface area contributed by atoms with Crippen LogP contribution in [0.1, 0.15) is 31.2 Å². The van der Waals surface area contributed by atoms with Gasteiger partial charge in [0.05, 0.1) is 10.7 Å². The predicted molar refractivity (Wildman–Crippen MR) is 117 cm³/mol. The molecule has 160 valence electrons. The number of nitrogens with zero attached hydrogens (tertiary/aromatic N) is 2. The third-order valence-corrected chi connectivity index (χ3v) is 9.21. The van der Waals surface area contributed by atoms with Crippen molar-refractivity contribution in [3.05, 3.63) is 57.8 Å². The Morgan fingerprint density at radius 3 is 2.47 bits per heavy atom. The molecule has 1 saturated carbocycles. The number of halogens is 3. The number of sulfonamides is 1. The fourth-order valence-corrected chi connectivity index (χ4v) is 7.19. The van der Waals surface area contributed by atoms with Crippen LogP contribution in [-0.4, -0.2) is 39.5 Å². The molecule has 2 fully saturated rings. The summed E-state index contributed by atoms with van der Waals surface area (Å²) in [7, 11) is -3.90. The second-order valence-electron chi connectivity index (χ2n) is 8.77. The molecule has 5 rings (SSSR count). The van der Waals surface area contributed by atoms with Gasteiger partial charge in [-0.3, -0.25) is 4.31 Å². The minimum Gasteiger partial charge on any atom is -0.303 e. The topological polar surface area (TPSA) is 40.6 Å². The quantitative estimate of drug-likeness (QED) is 0.627. The molecule has 3 aliphatic rings. The lowest BCUT2D eigenvalue weighted by molar-refractivity contribution is 0.162. The second-order valence-corrected chi connectivity index (χ2v) is 11.4. The molecule has 0 radical (unpaired) electrons. The average molecular weight is 469 g/mol. The van der Waals surface area contributed by atoms with Crippen LogP contribution in [0, 0.1) is 11.7 Å². The average Bonchev–Trinajstić information content (AvgIpc) is 3.46. The van der Waals surface area contributed by atoms with E-state index in [1.165, 1.54) is 47.5 Å². The van der Waals surface area contributed by atoms with Crippen molar-refractivity contribution in [3.63, 3.8) is 0 Å². The SMILES string of the molecule is O=S(=O)(c1ccc(Cl)cc1Cl)N1CC2(CCN(CC3CC3)CC2)c2cc(F)ccc21. The summed E-state index contributed by atoms with van der Waals surface area (Å²) < 4.78 is 42.7. The first kappa shape index (κ1) is 20.6. The molecule has 2 heterocycles. The van der Waals surface area contributed by atoms with Crippen LogP contribution in [0.4, 0.5) is 10.1 Å². The Labute approximate surface area is 186 Å². The Kier molecular flexibility index (Phi) is 5.05. The van der Waals surface area contributed by atoms with Gasteiger partial charge in [0.25, 0.3) is 10.0 Å². The summed E-state index contributed by atoms with van der Waals surface area (Å²) in [5.41, 5.74) is 0.976. The van der Waals surface area contributed by atoms with Crippen LogP contribution in [0.5, 0.6) is 0 Å². The van der Waals surface area contributed by atoms with Crippen LogP contribution in [0.15, 0.2) is 41.3 Å². The summed E-state index contributed by atoms with van der Waals surface area (Å²) >= 11 is 12.2. The standard InChI is InChI=1S/C22H23Cl2FN2O2S/c23-16-3-6-21(19(24)11-16)30(28,29)27-14-22(18-12-17(25)4-5-20(18)27)7-9-26(10-8-22)13-15-1-2-15/h3-6,11-12,15H,1-2,7-10,13-14H2. The third-order valence-electron chi connectivity index (χ3n) is 6.73. The minimum atomic E-state index is -3.90. The molecule has 0 N–H and O–H groups in total. The molecule has 1 saturated heterocycles. The third kappa shape index (κ3) is 3.52. The zero-order valence-electron chi connectivity index (χ0n) is 16.5. The molecule has 1 spiro atoms. The Morgan fingerprint density at radius 1 is 1.07 bits per heavy atom. The van der Waals surface area contributed by atoms with Crippen molar-refractivity contribution in [2.45, 2.75) is 36.0 Å². The monoisotopic (exact) mass is 468 g/mol. The molecule has 1 aliphatic carbocycles. The summed E-state index contributed by atoms with van der Waals surface area (Å²) in [4.78, 5) is 2.49. The van der Waals surface area contributed by atoms with E-state index in [2.05, 4.69) is 4.90 Å². The Hall–Kier alpha value is -1.34. The molecule has 0 aromatic heterocycles. The number of anilines is 1. The van der Waals surface area contributed by atoms with Gasteiger partial charge in [-0.15, -0.1) is 0 Å². The van der Waals surface area contributed by atoms with Crippen LogP contribution in [0.2, 0.25) is 10.0 Å². The maximum absolute atomic E-state index is 14.2. The smallest absolute Gasteiger partial charge is 0.265 e. The molecular weight excluding hydrogens is 446 g/mol. The number of rotatable bonds is 4. The lowest BCUT2D eigenvalue weighted by Crippen LogP contribution is -2.46. The van der Waals surface area contributed by atoms with Gasteiger partial charge < -0.3 is 4.90 Å². The van der Waals surface area contributed by atoms with Gasteiger partial charge >= 0.3 is 0 Å². The fraction of sp³-hybridized carbons (Fsp3) is 0.455. The molecule has 0 bridgehead atoms. The summed E-state index contributed by atoms with van der Waals surface area (Å²) in [5.74, 6) is 0.480. The van der Waals surface area contributed by atoms with Crippen LogP contribution in [-0.2, 0) is 15.4 Å². The number of likely N-dealkylation sites (tertiary alicyclic amines) is 1. The molecule has 2 aromatic rings. The molecule has 2 aromatic carbocycles.